The minimum absolute atomic E-state index is 0.497. The zero-order valence-corrected chi connectivity index (χ0v) is 12.4. The van der Waals surface area contributed by atoms with Crippen LogP contribution < -0.4 is 5.32 Å². The first-order valence-electron chi connectivity index (χ1n) is 7.90. The van der Waals surface area contributed by atoms with Crippen LogP contribution in [0.2, 0.25) is 0 Å². The number of nitrogens with one attached hydrogen (secondary N) is 1. The Hall–Kier alpha value is -0.0400. The van der Waals surface area contributed by atoms with E-state index < -0.39 is 0 Å². The fourth-order valence-corrected chi connectivity index (χ4v) is 3.05. The quantitative estimate of drug-likeness (QED) is 0.672. The molecule has 0 radical (unpaired) electrons. The van der Waals surface area contributed by atoms with Gasteiger partial charge in [0.1, 0.15) is 0 Å². The van der Waals surface area contributed by atoms with Gasteiger partial charge in [0.15, 0.2) is 0 Å². The van der Waals surface area contributed by atoms with Crippen LogP contribution in [0.1, 0.15) is 85.0 Å². The Balaban J connectivity index is 2.38. The second-order valence-corrected chi connectivity index (χ2v) is 6.51. The van der Waals surface area contributed by atoms with E-state index in [1.807, 2.05) is 0 Å². The van der Waals surface area contributed by atoms with E-state index in [1.165, 1.54) is 70.8 Å². The summed E-state index contributed by atoms with van der Waals surface area (Å²) in [5.74, 6) is 0. The van der Waals surface area contributed by atoms with Crippen molar-refractivity contribution in [3.63, 3.8) is 0 Å². The highest BCUT2D eigenvalue weighted by molar-refractivity contribution is 4.85. The fraction of sp³-hybridized carbons (Fsp3) is 1.00. The standard InChI is InChI=1S/C16H33N/c1-4-5-11-14-17-15-12-9-7-6-8-10-13-16(15,2)3/h15,17H,4-14H2,1-3H3. The highest BCUT2D eigenvalue weighted by Crippen LogP contribution is 2.32. The molecule has 0 aromatic carbocycles. The van der Waals surface area contributed by atoms with Crippen molar-refractivity contribution in [1.82, 2.24) is 5.32 Å². The lowest BCUT2D eigenvalue weighted by molar-refractivity contribution is 0.208. The maximum atomic E-state index is 3.84. The summed E-state index contributed by atoms with van der Waals surface area (Å²) < 4.78 is 0. The number of hydrogen-bond donors (Lipinski definition) is 1. The van der Waals surface area contributed by atoms with Gasteiger partial charge in [-0.1, -0.05) is 65.7 Å². The number of rotatable bonds is 5. The minimum atomic E-state index is 0.497. The Morgan fingerprint density at radius 3 is 2.47 bits per heavy atom. The molecule has 1 N–H and O–H groups in total. The van der Waals surface area contributed by atoms with Gasteiger partial charge in [0, 0.05) is 6.04 Å². The number of unbranched alkanes of at least 4 members (excludes halogenated alkanes) is 2. The van der Waals surface area contributed by atoms with E-state index in [0.717, 1.165) is 6.04 Å². The van der Waals surface area contributed by atoms with Crippen molar-refractivity contribution in [2.24, 2.45) is 5.41 Å². The van der Waals surface area contributed by atoms with Crippen LogP contribution in [0.3, 0.4) is 0 Å². The van der Waals surface area contributed by atoms with Gasteiger partial charge < -0.3 is 5.32 Å². The van der Waals surface area contributed by atoms with Crippen molar-refractivity contribution in [1.29, 1.82) is 0 Å². The first-order chi connectivity index (χ1) is 8.17. The van der Waals surface area contributed by atoms with Crippen molar-refractivity contribution < 1.29 is 0 Å². The molecule has 1 fully saturated rings. The summed E-state index contributed by atoms with van der Waals surface area (Å²) in [7, 11) is 0. The maximum absolute atomic E-state index is 3.84. The van der Waals surface area contributed by atoms with Gasteiger partial charge in [-0.25, -0.2) is 0 Å². The molecule has 1 heteroatoms. The normalized spacial score (nSPS) is 25.9. The predicted molar refractivity (Wildman–Crippen MR) is 77.4 cm³/mol. The number of hydrogen-bond acceptors (Lipinski definition) is 1. The smallest absolute Gasteiger partial charge is 0.0118 e. The monoisotopic (exact) mass is 239 g/mol. The van der Waals surface area contributed by atoms with Crippen LogP contribution in [-0.2, 0) is 0 Å². The lowest BCUT2D eigenvalue weighted by atomic mass is 9.78. The summed E-state index contributed by atoms with van der Waals surface area (Å²) in [4.78, 5) is 0. The zero-order valence-electron chi connectivity index (χ0n) is 12.4. The van der Waals surface area contributed by atoms with Gasteiger partial charge in [0.25, 0.3) is 0 Å². The summed E-state index contributed by atoms with van der Waals surface area (Å²) in [6, 6.07) is 0.748. The van der Waals surface area contributed by atoms with Gasteiger partial charge in [-0.05, 0) is 31.2 Å². The Morgan fingerprint density at radius 1 is 1.00 bits per heavy atom. The molecular weight excluding hydrogens is 206 g/mol. The zero-order chi connectivity index (χ0) is 12.6. The average Bonchev–Trinajstić information content (AvgIpc) is 2.36. The van der Waals surface area contributed by atoms with E-state index in [-0.39, 0.29) is 0 Å². The van der Waals surface area contributed by atoms with Crippen LogP contribution in [0.25, 0.3) is 0 Å². The largest absolute Gasteiger partial charge is 0.313 e. The van der Waals surface area contributed by atoms with Crippen molar-refractivity contribution in [3.8, 4) is 0 Å². The molecule has 0 aliphatic heterocycles. The fourth-order valence-electron chi connectivity index (χ4n) is 3.05. The topological polar surface area (TPSA) is 12.0 Å². The molecule has 1 saturated carbocycles. The molecule has 102 valence electrons. The van der Waals surface area contributed by atoms with Crippen LogP contribution >= 0.6 is 0 Å². The van der Waals surface area contributed by atoms with E-state index in [1.54, 1.807) is 0 Å². The molecule has 1 atom stereocenters. The van der Waals surface area contributed by atoms with E-state index in [2.05, 4.69) is 26.1 Å². The van der Waals surface area contributed by atoms with Crippen LogP contribution in [0.15, 0.2) is 0 Å². The van der Waals surface area contributed by atoms with E-state index in [0.29, 0.717) is 5.41 Å². The maximum Gasteiger partial charge on any atom is 0.0118 e. The molecule has 1 rings (SSSR count). The van der Waals surface area contributed by atoms with Crippen LogP contribution in [0.5, 0.6) is 0 Å². The van der Waals surface area contributed by atoms with Crippen LogP contribution in [0, 0.1) is 5.41 Å². The lowest BCUT2D eigenvalue weighted by Gasteiger charge is -2.35. The molecule has 0 aromatic heterocycles. The van der Waals surface area contributed by atoms with Crippen LogP contribution in [-0.4, -0.2) is 12.6 Å². The molecule has 0 amide bonds. The summed E-state index contributed by atoms with van der Waals surface area (Å²) in [5, 5.41) is 3.84. The second kappa shape index (κ2) is 8.13. The summed E-state index contributed by atoms with van der Waals surface area (Å²) in [6.45, 7) is 8.44. The third-order valence-electron chi connectivity index (χ3n) is 4.43. The first kappa shape index (κ1) is 15.0. The molecule has 0 aromatic rings. The third-order valence-corrected chi connectivity index (χ3v) is 4.43. The lowest BCUT2D eigenvalue weighted by Crippen LogP contribution is -2.42. The van der Waals surface area contributed by atoms with Gasteiger partial charge in [0.2, 0.25) is 0 Å². The molecular formula is C16H33N. The molecule has 17 heavy (non-hydrogen) atoms. The summed E-state index contributed by atoms with van der Waals surface area (Å²) in [6.07, 6.45) is 14.1. The molecule has 0 heterocycles. The Labute approximate surface area is 109 Å². The Kier molecular flexibility index (Phi) is 7.18. The molecule has 1 aliphatic rings. The Morgan fingerprint density at radius 2 is 1.71 bits per heavy atom. The van der Waals surface area contributed by atoms with Gasteiger partial charge in [-0.3, -0.25) is 0 Å². The van der Waals surface area contributed by atoms with Crippen molar-refractivity contribution in [2.75, 3.05) is 6.54 Å². The predicted octanol–water partition coefficient (Wildman–Crippen LogP) is 4.91. The second-order valence-electron chi connectivity index (χ2n) is 6.51. The third kappa shape index (κ3) is 5.90. The van der Waals surface area contributed by atoms with Gasteiger partial charge in [-0.15, -0.1) is 0 Å². The molecule has 1 aliphatic carbocycles. The van der Waals surface area contributed by atoms with Crippen molar-refractivity contribution >= 4 is 0 Å². The van der Waals surface area contributed by atoms with Crippen LogP contribution in [0.4, 0.5) is 0 Å². The van der Waals surface area contributed by atoms with Gasteiger partial charge >= 0.3 is 0 Å². The van der Waals surface area contributed by atoms with Crippen molar-refractivity contribution in [2.45, 2.75) is 91.0 Å². The summed E-state index contributed by atoms with van der Waals surface area (Å²) >= 11 is 0. The molecule has 0 saturated heterocycles. The average molecular weight is 239 g/mol. The van der Waals surface area contributed by atoms with E-state index >= 15 is 0 Å². The van der Waals surface area contributed by atoms with Crippen molar-refractivity contribution in [3.05, 3.63) is 0 Å². The molecule has 1 nitrogen and oxygen atoms in total. The Bertz CT molecular complexity index is 186. The first-order valence-corrected chi connectivity index (χ1v) is 7.90. The minimum Gasteiger partial charge on any atom is -0.313 e. The molecule has 1 unspecified atom stereocenters. The highest BCUT2D eigenvalue weighted by atomic mass is 14.9. The SMILES string of the molecule is CCCCCNC1CCCCCCCC1(C)C. The van der Waals surface area contributed by atoms with E-state index in [9.17, 15) is 0 Å². The summed E-state index contributed by atoms with van der Waals surface area (Å²) in [5.41, 5.74) is 0.497. The van der Waals surface area contributed by atoms with Gasteiger partial charge in [-0.2, -0.15) is 0 Å². The molecule has 0 spiro atoms. The molecule has 0 bridgehead atoms. The van der Waals surface area contributed by atoms with Gasteiger partial charge in [0.05, 0.1) is 0 Å². The highest BCUT2D eigenvalue weighted by Gasteiger charge is 2.28. The van der Waals surface area contributed by atoms with E-state index in [4.69, 9.17) is 0 Å².